The molecule has 1 fully saturated rings. The highest BCUT2D eigenvalue weighted by Gasteiger charge is 2.17. The number of pyridine rings is 1. The van der Waals surface area contributed by atoms with Crippen LogP contribution in [0.5, 0.6) is 5.75 Å². The van der Waals surface area contributed by atoms with Gasteiger partial charge in [0.2, 0.25) is 0 Å². The maximum Gasteiger partial charge on any atom is 0.339 e. The van der Waals surface area contributed by atoms with Crippen molar-refractivity contribution in [2.75, 3.05) is 13.1 Å². The molecule has 92 valence electrons. The first-order valence-corrected chi connectivity index (χ1v) is 5.81. The number of piperidine rings is 1. The van der Waals surface area contributed by atoms with E-state index in [2.05, 4.69) is 9.88 Å². The van der Waals surface area contributed by atoms with Gasteiger partial charge in [-0.05, 0) is 32.0 Å². The second-order valence-electron chi connectivity index (χ2n) is 4.30. The molecule has 1 aliphatic heterocycles. The lowest BCUT2D eigenvalue weighted by molar-refractivity contribution is 0.0693. The van der Waals surface area contributed by atoms with Crippen molar-refractivity contribution >= 4 is 5.97 Å². The van der Waals surface area contributed by atoms with Gasteiger partial charge in [0.1, 0.15) is 5.56 Å². The van der Waals surface area contributed by atoms with Gasteiger partial charge >= 0.3 is 5.97 Å². The fourth-order valence-corrected chi connectivity index (χ4v) is 2.11. The van der Waals surface area contributed by atoms with E-state index in [0.717, 1.165) is 25.9 Å². The molecular formula is C12H16N2O3. The number of nitrogens with zero attached hydrogens (tertiary/aromatic N) is 2. The Bertz CT molecular complexity index is 414. The van der Waals surface area contributed by atoms with Gasteiger partial charge in [-0.2, -0.15) is 0 Å². The first-order valence-electron chi connectivity index (χ1n) is 5.81. The number of aromatic nitrogens is 1. The average molecular weight is 236 g/mol. The summed E-state index contributed by atoms with van der Waals surface area (Å²) in [5, 5.41) is 18.7. The predicted molar refractivity (Wildman–Crippen MR) is 62.0 cm³/mol. The number of carbonyl (C=O) groups is 1. The minimum Gasteiger partial charge on any atom is -0.505 e. The smallest absolute Gasteiger partial charge is 0.339 e. The molecule has 1 aromatic heterocycles. The lowest BCUT2D eigenvalue weighted by Gasteiger charge is -2.26. The summed E-state index contributed by atoms with van der Waals surface area (Å²) < 4.78 is 0. The Labute approximate surface area is 99.7 Å². The third-order valence-corrected chi connectivity index (χ3v) is 3.05. The molecule has 1 saturated heterocycles. The quantitative estimate of drug-likeness (QED) is 0.831. The molecule has 0 aliphatic carbocycles. The molecule has 0 spiro atoms. The molecule has 0 aromatic carbocycles. The molecule has 5 nitrogen and oxygen atoms in total. The van der Waals surface area contributed by atoms with Gasteiger partial charge in [-0.3, -0.25) is 9.88 Å². The van der Waals surface area contributed by atoms with Crippen LogP contribution in [0.1, 0.15) is 35.3 Å². The van der Waals surface area contributed by atoms with E-state index in [1.807, 2.05) is 0 Å². The monoisotopic (exact) mass is 236 g/mol. The largest absolute Gasteiger partial charge is 0.505 e. The number of carboxylic acids is 1. The number of aromatic carboxylic acids is 1. The maximum absolute atomic E-state index is 10.9. The molecule has 2 N–H and O–H groups in total. The summed E-state index contributed by atoms with van der Waals surface area (Å²) >= 11 is 0. The Balaban J connectivity index is 2.15. The number of hydrogen-bond donors (Lipinski definition) is 2. The average Bonchev–Trinajstić information content (AvgIpc) is 2.33. The van der Waals surface area contributed by atoms with E-state index in [-0.39, 0.29) is 11.3 Å². The van der Waals surface area contributed by atoms with Crippen LogP contribution in [0.25, 0.3) is 0 Å². The third-order valence-electron chi connectivity index (χ3n) is 3.05. The van der Waals surface area contributed by atoms with Crippen LogP contribution in [0.15, 0.2) is 12.3 Å². The molecule has 0 amide bonds. The van der Waals surface area contributed by atoms with Crippen molar-refractivity contribution in [3.8, 4) is 5.75 Å². The van der Waals surface area contributed by atoms with Gasteiger partial charge in [-0.15, -0.1) is 0 Å². The van der Waals surface area contributed by atoms with Crippen molar-refractivity contribution in [2.45, 2.75) is 25.8 Å². The van der Waals surface area contributed by atoms with Gasteiger partial charge in [-0.1, -0.05) is 6.42 Å². The summed E-state index contributed by atoms with van der Waals surface area (Å²) in [6, 6.07) is 1.32. The minimum absolute atomic E-state index is 0.0768. The fraction of sp³-hybridized carbons (Fsp3) is 0.500. The highest BCUT2D eigenvalue weighted by molar-refractivity contribution is 5.90. The first kappa shape index (κ1) is 11.9. The van der Waals surface area contributed by atoms with Crippen molar-refractivity contribution in [3.05, 3.63) is 23.5 Å². The standard InChI is InChI=1S/C12H16N2O3/c15-11-9(12(16)17)4-5-13-10(11)8-14-6-2-1-3-7-14/h4-5,15H,1-3,6-8H2,(H,16,17). The zero-order valence-electron chi connectivity index (χ0n) is 9.59. The second kappa shape index (κ2) is 5.14. The molecule has 2 rings (SSSR count). The van der Waals surface area contributed by atoms with Gasteiger partial charge in [0, 0.05) is 12.7 Å². The Morgan fingerprint density at radius 3 is 2.71 bits per heavy atom. The van der Waals surface area contributed by atoms with Crippen molar-refractivity contribution < 1.29 is 15.0 Å². The van der Waals surface area contributed by atoms with Crippen LogP contribution in [0.2, 0.25) is 0 Å². The summed E-state index contributed by atoms with van der Waals surface area (Å²) in [4.78, 5) is 17.1. The highest BCUT2D eigenvalue weighted by Crippen LogP contribution is 2.22. The molecule has 5 heteroatoms. The second-order valence-corrected chi connectivity index (χ2v) is 4.30. The zero-order valence-corrected chi connectivity index (χ0v) is 9.59. The first-order chi connectivity index (χ1) is 8.18. The molecule has 0 saturated carbocycles. The van der Waals surface area contributed by atoms with Crippen molar-refractivity contribution in [2.24, 2.45) is 0 Å². The summed E-state index contributed by atoms with van der Waals surface area (Å²) in [6.07, 6.45) is 4.98. The molecular weight excluding hydrogens is 220 g/mol. The topological polar surface area (TPSA) is 73.7 Å². The van der Waals surface area contributed by atoms with E-state index in [1.165, 1.54) is 18.7 Å². The van der Waals surface area contributed by atoms with Gasteiger partial charge in [-0.25, -0.2) is 4.79 Å². The van der Waals surface area contributed by atoms with Gasteiger partial charge < -0.3 is 10.2 Å². The van der Waals surface area contributed by atoms with E-state index < -0.39 is 5.97 Å². The summed E-state index contributed by atoms with van der Waals surface area (Å²) in [6.45, 7) is 2.49. The van der Waals surface area contributed by atoms with Crippen LogP contribution in [-0.2, 0) is 6.54 Å². The van der Waals surface area contributed by atoms with Gasteiger partial charge in [0.05, 0.1) is 5.69 Å². The van der Waals surface area contributed by atoms with Gasteiger partial charge in [0.25, 0.3) is 0 Å². The molecule has 0 bridgehead atoms. The molecule has 2 heterocycles. The maximum atomic E-state index is 10.9. The van der Waals surface area contributed by atoms with Crippen LogP contribution in [0, 0.1) is 0 Å². The molecule has 17 heavy (non-hydrogen) atoms. The Kier molecular flexibility index (Phi) is 3.58. The van der Waals surface area contributed by atoms with Crippen LogP contribution in [0.4, 0.5) is 0 Å². The molecule has 1 aliphatic rings. The summed E-state index contributed by atoms with van der Waals surface area (Å²) in [5.74, 6) is -1.32. The normalized spacial score (nSPS) is 16.9. The van der Waals surface area contributed by atoms with Crippen LogP contribution < -0.4 is 0 Å². The third kappa shape index (κ3) is 2.74. The van der Waals surface area contributed by atoms with E-state index in [1.54, 1.807) is 0 Å². The van der Waals surface area contributed by atoms with E-state index in [4.69, 9.17) is 5.11 Å². The summed E-state index contributed by atoms with van der Waals surface area (Å²) in [7, 11) is 0. The van der Waals surface area contributed by atoms with E-state index in [9.17, 15) is 9.90 Å². The SMILES string of the molecule is O=C(O)c1ccnc(CN2CCCCC2)c1O. The Hall–Kier alpha value is -1.62. The number of rotatable bonds is 3. The predicted octanol–water partition coefficient (Wildman–Crippen LogP) is 1.47. The van der Waals surface area contributed by atoms with Crippen molar-refractivity contribution in [3.63, 3.8) is 0 Å². The Morgan fingerprint density at radius 2 is 2.06 bits per heavy atom. The van der Waals surface area contributed by atoms with Gasteiger partial charge in [0.15, 0.2) is 5.75 Å². The number of likely N-dealkylation sites (tertiary alicyclic amines) is 1. The molecule has 0 radical (unpaired) electrons. The number of aromatic hydroxyl groups is 1. The van der Waals surface area contributed by atoms with Crippen molar-refractivity contribution in [1.82, 2.24) is 9.88 Å². The Morgan fingerprint density at radius 1 is 1.35 bits per heavy atom. The molecule has 1 aromatic rings. The van der Waals surface area contributed by atoms with Crippen LogP contribution in [-0.4, -0.2) is 39.2 Å². The fourth-order valence-electron chi connectivity index (χ4n) is 2.11. The molecule has 0 unspecified atom stereocenters. The number of hydrogen-bond acceptors (Lipinski definition) is 4. The summed E-state index contributed by atoms with van der Waals surface area (Å²) in [5.41, 5.74) is 0.374. The molecule has 0 atom stereocenters. The van der Waals surface area contributed by atoms with Crippen molar-refractivity contribution in [1.29, 1.82) is 0 Å². The lowest BCUT2D eigenvalue weighted by Crippen LogP contribution is -2.29. The zero-order chi connectivity index (χ0) is 12.3. The van der Waals surface area contributed by atoms with E-state index >= 15 is 0 Å². The van der Waals surface area contributed by atoms with Crippen LogP contribution in [0.3, 0.4) is 0 Å². The number of carboxylic acid groups (broad SMARTS) is 1. The van der Waals surface area contributed by atoms with Crippen LogP contribution >= 0.6 is 0 Å². The van der Waals surface area contributed by atoms with E-state index in [0.29, 0.717) is 12.2 Å². The minimum atomic E-state index is -1.12. The highest BCUT2D eigenvalue weighted by atomic mass is 16.4. The lowest BCUT2D eigenvalue weighted by atomic mass is 10.1.